The van der Waals surface area contributed by atoms with Gasteiger partial charge >= 0.3 is 0 Å². The fourth-order valence-electron chi connectivity index (χ4n) is 2.73. The molecule has 0 bridgehead atoms. The van der Waals surface area contributed by atoms with E-state index >= 15 is 0 Å². The average molecular weight is 334 g/mol. The summed E-state index contributed by atoms with van der Waals surface area (Å²) in [6.07, 6.45) is 1.07. The van der Waals surface area contributed by atoms with Crippen molar-refractivity contribution in [1.29, 1.82) is 0 Å². The van der Waals surface area contributed by atoms with Gasteiger partial charge in [0.05, 0.1) is 13.0 Å². The Hall–Kier alpha value is -2.08. The lowest BCUT2D eigenvalue weighted by Crippen LogP contribution is -2.33. The van der Waals surface area contributed by atoms with Crippen LogP contribution in [-0.2, 0) is 20.9 Å². The van der Waals surface area contributed by atoms with Crippen molar-refractivity contribution in [2.75, 3.05) is 33.4 Å². The van der Waals surface area contributed by atoms with Crippen molar-refractivity contribution in [3.8, 4) is 5.75 Å². The fourth-order valence-corrected chi connectivity index (χ4v) is 2.73. The molecule has 1 atom stereocenters. The van der Waals surface area contributed by atoms with Crippen LogP contribution in [-0.4, -0.2) is 50.1 Å². The summed E-state index contributed by atoms with van der Waals surface area (Å²) in [4.78, 5) is 26.0. The van der Waals surface area contributed by atoms with Gasteiger partial charge in [-0.2, -0.15) is 0 Å². The van der Waals surface area contributed by atoms with Crippen LogP contribution in [0.5, 0.6) is 5.75 Å². The topological polar surface area (TPSA) is 67.9 Å². The quantitative estimate of drug-likeness (QED) is 0.696. The van der Waals surface area contributed by atoms with Crippen LogP contribution in [0.4, 0.5) is 0 Å². The van der Waals surface area contributed by atoms with Gasteiger partial charge in [0.1, 0.15) is 5.75 Å². The van der Waals surface area contributed by atoms with E-state index in [2.05, 4.69) is 5.32 Å². The molecule has 0 spiro atoms. The van der Waals surface area contributed by atoms with Gasteiger partial charge in [-0.3, -0.25) is 9.59 Å². The maximum absolute atomic E-state index is 12.2. The Kier molecular flexibility index (Phi) is 7.06. The van der Waals surface area contributed by atoms with Gasteiger partial charge in [0.25, 0.3) is 0 Å². The van der Waals surface area contributed by atoms with Gasteiger partial charge in [0.2, 0.25) is 11.8 Å². The monoisotopic (exact) mass is 334 g/mol. The third-order valence-electron chi connectivity index (χ3n) is 4.09. The number of hydrogen-bond donors (Lipinski definition) is 1. The highest BCUT2D eigenvalue weighted by atomic mass is 16.5. The zero-order valence-electron chi connectivity index (χ0n) is 14.4. The number of carbonyl (C=O) groups is 2. The molecule has 0 aromatic heterocycles. The Morgan fingerprint density at radius 2 is 2.08 bits per heavy atom. The minimum absolute atomic E-state index is 0.0280. The molecule has 0 unspecified atom stereocenters. The van der Waals surface area contributed by atoms with E-state index in [1.165, 1.54) is 0 Å². The molecular weight excluding hydrogens is 308 g/mol. The second-order valence-electron chi connectivity index (χ2n) is 5.86. The number of hydrogen-bond acceptors (Lipinski definition) is 4. The number of ether oxygens (including phenoxy) is 2. The summed E-state index contributed by atoms with van der Waals surface area (Å²) in [5, 5.41) is 2.89. The number of nitrogens with one attached hydrogen (secondary N) is 1. The van der Waals surface area contributed by atoms with E-state index in [0.717, 1.165) is 17.7 Å². The average Bonchev–Trinajstić information content (AvgIpc) is 2.96. The van der Waals surface area contributed by atoms with E-state index in [1.807, 2.05) is 31.2 Å². The molecule has 0 saturated carbocycles. The maximum Gasteiger partial charge on any atom is 0.225 e. The van der Waals surface area contributed by atoms with Crippen LogP contribution in [0.3, 0.4) is 0 Å². The Morgan fingerprint density at radius 1 is 1.33 bits per heavy atom. The molecular formula is C18H26N2O4. The summed E-state index contributed by atoms with van der Waals surface area (Å²) >= 11 is 0. The normalized spacial score (nSPS) is 17.2. The highest BCUT2D eigenvalue weighted by molar-refractivity contribution is 5.89. The van der Waals surface area contributed by atoms with E-state index in [-0.39, 0.29) is 24.2 Å². The molecule has 1 fully saturated rings. The molecule has 1 N–H and O–H groups in total. The number of likely N-dealkylation sites (tertiary alicyclic amines) is 1. The van der Waals surface area contributed by atoms with E-state index in [0.29, 0.717) is 32.8 Å². The highest BCUT2D eigenvalue weighted by Gasteiger charge is 2.33. The molecule has 0 aliphatic carbocycles. The third kappa shape index (κ3) is 5.23. The molecule has 1 aromatic rings. The summed E-state index contributed by atoms with van der Waals surface area (Å²) in [6.45, 7) is 4.86. The summed E-state index contributed by atoms with van der Waals surface area (Å²) in [6, 6.07) is 7.62. The molecule has 1 aromatic carbocycles. The Morgan fingerprint density at radius 3 is 2.75 bits per heavy atom. The number of methoxy groups -OCH3 is 1. The minimum Gasteiger partial charge on any atom is -0.497 e. The standard InChI is InChI=1S/C18H26N2O4/c1-3-24-10-4-9-19-18(22)15-11-17(21)20(13-15)12-14-5-7-16(23-2)8-6-14/h5-8,15H,3-4,9-13H2,1-2H3,(H,19,22)/t15-/m1/s1. The van der Waals surface area contributed by atoms with Crippen molar-refractivity contribution < 1.29 is 19.1 Å². The zero-order chi connectivity index (χ0) is 17.4. The smallest absolute Gasteiger partial charge is 0.225 e. The summed E-state index contributed by atoms with van der Waals surface area (Å²) in [5.74, 6) is 0.510. The van der Waals surface area contributed by atoms with Crippen molar-refractivity contribution in [3.05, 3.63) is 29.8 Å². The Balaban J connectivity index is 1.78. The van der Waals surface area contributed by atoms with Crippen LogP contribution in [0.1, 0.15) is 25.3 Å². The SMILES string of the molecule is CCOCCCNC(=O)[C@@H]1CC(=O)N(Cc2ccc(OC)cc2)C1. The second kappa shape index (κ2) is 9.27. The molecule has 132 valence electrons. The first-order chi connectivity index (χ1) is 11.6. The van der Waals surface area contributed by atoms with Crippen molar-refractivity contribution >= 4 is 11.8 Å². The molecule has 1 aliphatic rings. The van der Waals surface area contributed by atoms with Gasteiger partial charge in [0.15, 0.2) is 0 Å². The third-order valence-corrected chi connectivity index (χ3v) is 4.09. The Labute approximate surface area is 143 Å². The van der Waals surface area contributed by atoms with Gasteiger partial charge in [-0.25, -0.2) is 0 Å². The number of amides is 2. The summed E-state index contributed by atoms with van der Waals surface area (Å²) in [7, 11) is 1.62. The highest BCUT2D eigenvalue weighted by Crippen LogP contribution is 2.21. The molecule has 1 aliphatic heterocycles. The van der Waals surface area contributed by atoms with Crippen LogP contribution >= 0.6 is 0 Å². The number of nitrogens with zero attached hydrogens (tertiary/aromatic N) is 1. The molecule has 24 heavy (non-hydrogen) atoms. The van der Waals surface area contributed by atoms with Crippen molar-refractivity contribution in [3.63, 3.8) is 0 Å². The molecule has 2 amide bonds. The predicted octanol–water partition coefficient (Wildman–Crippen LogP) is 1.59. The largest absolute Gasteiger partial charge is 0.497 e. The van der Waals surface area contributed by atoms with Crippen molar-refractivity contribution in [2.45, 2.75) is 26.3 Å². The number of carbonyl (C=O) groups excluding carboxylic acids is 2. The second-order valence-corrected chi connectivity index (χ2v) is 5.86. The molecule has 6 heteroatoms. The van der Waals surface area contributed by atoms with Gasteiger partial charge in [-0.1, -0.05) is 12.1 Å². The molecule has 1 heterocycles. The Bertz CT molecular complexity index is 544. The number of benzene rings is 1. The fraction of sp³-hybridized carbons (Fsp3) is 0.556. The van der Waals surface area contributed by atoms with Crippen molar-refractivity contribution in [1.82, 2.24) is 10.2 Å². The lowest BCUT2D eigenvalue weighted by molar-refractivity contribution is -0.129. The first-order valence-electron chi connectivity index (χ1n) is 8.40. The van der Waals surface area contributed by atoms with Crippen LogP contribution in [0.2, 0.25) is 0 Å². The molecule has 0 radical (unpaired) electrons. The van der Waals surface area contributed by atoms with Crippen LogP contribution < -0.4 is 10.1 Å². The van der Waals surface area contributed by atoms with E-state index in [1.54, 1.807) is 12.0 Å². The van der Waals surface area contributed by atoms with Gasteiger partial charge in [-0.15, -0.1) is 0 Å². The van der Waals surface area contributed by atoms with Gasteiger partial charge < -0.3 is 19.7 Å². The van der Waals surface area contributed by atoms with E-state index < -0.39 is 0 Å². The lowest BCUT2D eigenvalue weighted by atomic mass is 10.1. The molecule has 2 rings (SSSR count). The maximum atomic E-state index is 12.2. The van der Waals surface area contributed by atoms with Crippen LogP contribution in [0, 0.1) is 5.92 Å². The van der Waals surface area contributed by atoms with Crippen molar-refractivity contribution in [2.24, 2.45) is 5.92 Å². The predicted molar refractivity (Wildman–Crippen MR) is 90.6 cm³/mol. The molecule has 6 nitrogen and oxygen atoms in total. The van der Waals surface area contributed by atoms with Crippen LogP contribution in [0.15, 0.2) is 24.3 Å². The number of rotatable bonds is 9. The van der Waals surface area contributed by atoms with E-state index in [4.69, 9.17) is 9.47 Å². The van der Waals surface area contributed by atoms with Crippen LogP contribution in [0.25, 0.3) is 0 Å². The van der Waals surface area contributed by atoms with Gasteiger partial charge in [-0.05, 0) is 31.0 Å². The first kappa shape index (κ1) is 18.3. The van der Waals surface area contributed by atoms with E-state index in [9.17, 15) is 9.59 Å². The lowest BCUT2D eigenvalue weighted by Gasteiger charge is -2.17. The summed E-state index contributed by atoms with van der Waals surface area (Å²) < 4.78 is 10.4. The molecule has 1 saturated heterocycles. The first-order valence-corrected chi connectivity index (χ1v) is 8.40. The minimum atomic E-state index is -0.261. The van der Waals surface area contributed by atoms with Gasteiger partial charge in [0, 0.05) is 39.3 Å². The zero-order valence-corrected chi connectivity index (χ0v) is 14.4. The summed E-state index contributed by atoms with van der Waals surface area (Å²) in [5.41, 5.74) is 1.03.